The highest BCUT2D eigenvalue weighted by atomic mass is 32.2. The van der Waals surface area contributed by atoms with E-state index in [1.165, 1.54) is 6.42 Å². The van der Waals surface area contributed by atoms with E-state index < -0.39 is 10.0 Å². The van der Waals surface area contributed by atoms with Crippen LogP contribution in [0.3, 0.4) is 0 Å². The van der Waals surface area contributed by atoms with E-state index in [0.29, 0.717) is 0 Å². The van der Waals surface area contributed by atoms with Crippen LogP contribution >= 0.6 is 0 Å². The lowest BCUT2D eigenvalue weighted by Crippen LogP contribution is -2.39. The predicted molar refractivity (Wildman–Crippen MR) is 54.1 cm³/mol. The molecule has 0 heterocycles. The molecule has 0 radical (unpaired) electrons. The standard InChI is InChI=1S/C9H19NO2S/c1-8(2)10-13(11,12)9-6-4-3-5-7-9/h8-10H,3-7H2,1-2H3. The summed E-state index contributed by atoms with van der Waals surface area (Å²) in [4.78, 5) is 0. The van der Waals surface area contributed by atoms with Gasteiger partial charge in [0.05, 0.1) is 5.25 Å². The quantitative estimate of drug-likeness (QED) is 0.761. The first kappa shape index (κ1) is 11.0. The highest BCUT2D eigenvalue weighted by Gasteiger charge is 2.27. The fraction of sp³-hybridized carbons (Fsp3) is 1.00. The number of rotatable bonds is 3. The lowest BCUT2D eigenvalue weighted by atomic mass is 10.0. The van der Waals surface area contributed by atoms with E-state index in [1.807, 2.05) is 13.8 Å². The lowest BCUT2D eigenvalue weighted by molar-refractivity contribution is 0.474. The van der Waals surface area contributed by atoms with Gasteiger partial charge in [-0.3, -0.25) is 0 Å². The minimum atomic E-state index is -3.03. The van der Waals surface area contributed by atoms with Crippen molar-refractivity contribution < 1.29 is 8.42 Å². The molecule has 13 heavy (non-hydrogen) atoms. The SMILES string of the molecule is CC(C)NS(=O)(=O)C1CCCCC1. The third-order valence-electron chi connectivity index (χ3n) is 2.39. The molecule has 0 unspecified atom stereocenters. The van der Waals surface area contributed by atoms with E-state index in [1.54, 1.807) is 0 Å². The normalized spacial score (nSPS) is 20.8. The van der Waals surface area contributed by atoms with Crippen molar-refractivity contribution >= 4 is 10.0 Å². The summed E-state index contributed by atoms with van der Waals surface area (Å²) in [5, 5.41) is -0.136. The van der Waals surface area contributed by atoms with Crippen LogP contribution in [-0.4, -0.2) is 19.7 Å². The molecule has 0 aromatic heterocycles. The molecule has 0 aliphatic heterocycles. The molecule has 0 bridgehead atoms. The van der Waals surface area contributed by atoms with Gasteiger partial charge >= 0.3 is 0 Å². The molecular weight excluding hydrogens is 186 g/mol. The average Bonchev–Trinajstić information content (AvgIpc) is 2.04. The second-order valence-electron chi connectivity index (χ2n) is 4.08. The van der Waals surface area contributed by atoms with Crippen LogP contribution in [0.25, 0.3) is 0 Å². The van der Waals surface area contributed by atoms with Gasteiger partial charge in [-0.25, -0.2) is 13.1 Å². The van der Waals surface area contributed by atoms with Gasteiger partial charge in [0.15, 0.2) is 0 Å². The summed E-state index contributed by atoms with van der Waals surface area (Å²) < 4.78 is 26.0. The summed E-state index contributed by atoms with van der Waals surface area (Å²) in [5.41, 5.74) is 0. The Morgan fingerprint density at radius 1 is 1.15 bits per heavy atom. The van der Waals surface area contributed by atoms with Crippen LogP contribution in [0.15, 0.2) is 0 Å². The Hall–Kier alpha value is -0.0900. The molecule has 78 valence electrons. The minimum absolute atomic E-state index is 0.0203. The molecule has 0 aromatic carbocycles. The molecule has 1 fully saturated rings. The average molecular weight is 205 g/mol. The van der Waals surface area contributed by atoms with Crippen molar-refractivity contribution in [1.82, 2.24) is 4.72 Å². The molecular formula is C9H19NO2S. The van der Waals surface area contributed by atoms with Crippen molar-refractivity contribution in [3.05, 3.63) is 0 Å². The Balaban J connectivity index is 2.57. The van der Waals surface area contributed by atoms with E-state index in [0.717, 1.165) is 25.7 Å². The van der Waals surface area contributed by atoms with Crippen LogP contribution in [0.4, 0.5) is 0 Å². The van der Waals surface area contributed by atoms with Gasteiger partial charge < -0.3 is 0 Å². The van der Waals surface area contributed by atoms with Gasteiger partial charge in [0.2, 0.25) is 10.0 Å². The van der Waals surface area contributed by atoms with E-state index in [-0.39, 0.29) is 11.3 Å². The highest BCUT2D eigenvalue weighted by Crippen LogP contribution is 2.23. The van der Waals surface area contributed by atoms with Crippen molar-refractivity contribution in [2.24, 2.45) is 0 Å². The van der Waals surface area contributed by atoms with Crippen LogP contribution in [0.1, 0.15) is 46.0 Å². The smallest absolute Gasteiger partial charge is 0.212 e. The predicted octanol–water partition coefficient (Wildman–Crippen LogP) is 1.65. The van der Waals surface area contributed by atoms with Gasteiger partial charge in [-0.1, -0.05) is 19.3 Å². The fourth-order valence-electron chi connectivity index (χ4n) is 1.80. The zero-order valence-electron chi connectivity index (χ0n) is 8.41. The molecule has 0 spiro atoms. The van der Waals surface area contributed by atoms with Crippen molar-refractivity contribution in [2.45, 2.75) is 57.2 Å². The number of nitrogens with one attached hydrogen (secondary N) is 1. The highest BCUT2D eigenvalue weighted by molar-refractivity contribution is 7.90. The molecule has 1 aliphatic carbocycles. The monoisotopic (exact) mass is 205 g/mol. The Labute approximate surface area is 81.0 Å². The number of hydrogen-bond donors (Lipinski definition) is 1. The maximum Gasteiger partial charge on any atom is 0.214 e. The molecule has 3 nitrogen and oxygen atoms in total. The summed E-state index contributed by atoms with van der Waals surface area (Å²) in [6, 6.07) is 0.0203. The third kappa shape index (κ3) is 3.27. The van der Waals surface area contributed by atoms with Gasteiger partial charge in [-0.15, -0.1) is 0 Å². The van der Waals surface area contributed by atoms with E-state index >= 15 is 0 Å². The first-order valence-corrected chi connectivity index (χ1v) is 6.58. The summed E-state index contributed by atoms with van der Waals surface area (Å²) in [7, 11) is -3.03. The summed E-state index contributed by atoms with van der Waals surface area (Å²) in [6.07, 6.45) is 4.98. The Bertz CT molecular complexity index is 240. The van der Waals surface area contributed by atoms with Crippen LogP contribution in [-0.2, 0) is 10.0 Å². The van der Waals surface area contributed by atoms with E-state index in [9.17, 15) is 8.42 Å². The van der Waals surface area contributed by atoms with Crippen molar-refractivity contribution in [3.63, 3.8) is 0 Å². The largest absolute Gasteiger partial charge is 0.214 e. The molecule has 0 aromatic rings. The molecule has 1 aliphatic rings. The van der Waals surface area contributed by atoms with E-state index in [2.05, 4.69) is 4.72 Å². The van der Waals surface area contributed by atoms with Crippen LogP contribution in [0.5, 0.6) is 0 Å². The third-order valence-corrected chi connectivity index (χ3v) is 4.54. The Kier molecular flexibility index (Phi) is 3.74. The van der Waals surface area contributed by atoms with Gasteiger partial charge in [-0.2, -0.15) is 0 Å². The Morgan fingerprint density at radius 2 is 1.69 bits per heavy atom. The minimum Gasteiger partial charge on any atom is -0.212 e. The molecule has 1 N–H and O–H groups in total. The van der Waals surface area contributed by atoms with E-state index in [4.69, 9.17) is 0 Å². The van der Waals surface area contributed by atoms with Gasteiger partial charge in [0.1, 0.15) is 0 Å². The Morgan fingerprint density at radius 3 is 2.15 bits per heavy atom. The summed E-state index contributed by atoms with van der Waals surface area (Å²) in [5.74, 6) is 0. The second kappa shape index (κ2) is 4.42. The van der Waals surface area contributed by atoms with Gasteiger partial charge in [0.25, 0.3) is 0 Å². The molecule has 0 saturated heterocycles. The first-order valence-electron chi connectivity index (χ1n) is 5.03. The van der Waals surface area contributed by atoms with Crippen molar-refractivity contribution in [1.29, 1.82) is 0 Å². The zero-order chi connectivity index (χ0) is 9.90. The van der Waals surface area contributed by atoms with Gasteiger partial charge in [-0.05, 0) is 26.7 Å². The van der Waals surface area contributed by atoms with Crippen LogP contribution < -0.4 is 4.72 Å². The summed E-state index contributed by atoms with van der Waals surface area (Å²) >= 11 is 0. The van der Waals surface area contributed by atoms with Crippen LogP contribution in [0, 0.1) is 0 Å². The van der Waals surface area contributed by atoms with Crippen LogP contribution in [0.2, 0.25) is 0 Å². The maximum atomic E-state index is 11.7. The first-order chi connectivity index (χ1) is 6.02. The molecule has 1 saturated carbocycles. The molecule has 4 heteroatoms. The molecule has 1 rings (SSSR count). The molecule has 0 atom stereocenters. The molecule has 0 amide bonds. The lowest BCUT2D eigenvalue weighted by Gasteiger charge is -2.23. The topological polar surface area (TPSA) is 46.2 Å². The fourth-order valence-corrected chi connectivity index (χ4v) is 3.60. The zero-order valence-corrected chi connectivity index (χ0v) is 9.23. The van der Waals surface area contributed by atoms with Crippen molar-refractivity contribution in [3.8, 4) is 0 Å². The number of hydrogen-bond acceptors (Lipinski definition) is 2. The maximum absolute atomic E-state index is 11.7. The summed E-state index contributed by atoms with van der Waals surface area (Å²) in [6.45, 7) is 3.72. The number of sulfonamides is 1. The second-order valence-corrected chi connectivity index (χ2v) is 6.07. The van der Waals surface area contributed by atoms with Gasteiger partial charge in [0, 0.05) is 6.04 Å². The van der Waals surface area contributed by atoms with Crippen molar-refractivity contribution in [2.75, 3.05) is 0 Å².